The lowest BCUT2D eigenvalue weighted by molar-refractivity contribution is 0.293. The fourth-order valence-corrected chi connectivity index (χ4v) is 2.59. The summed E-state index contributed by atoms with van der Waals surface area (Å²) in [5, 5.41) is 3.31. The summed E-state index contributed by atoms with van der Waals surface area (Å²) < 4.78 is 1.22. The summed E-state index contributed by atoms with van der Waals surface area (Å²) in [5.74, 6) is 0. The Morgan fingerprint density at radius 2 is 1.94 bits per heavy atom. The zero-order chi connectivity index (χ0) is 12.2. The number of halogens is 1. The van der Waals surface area contributed by atoms with Gasteiger partial charge in [0.15, 0.2) is 0 Å². The molecule has 0 amide bonds. The smallest absolute Gasteiger partial charge is 0.0207 e. The van der Waals surface area contributed by atoms with Crippen molar-refractivity contribution in [2.75, 3.05) is 7.05 Å². The molecule has 0 aliphatic rings. The number of nitrogens with one attached hydrogen (secondary N) is 1. The van der Waals surface area contributed by atoms with Crippen molar-refractivity contribution >= 4 is 15.9 Å². The molecular formula is C14H22BrN. The zero-order valence-corrected chi connectivity index (χ0v) is 12.3. The highest BCUT2D eigenvalue weighted by molar-refractivity contribution is 9.10. The molecule has 0 aliphatic carbocycles. The van der Waals surface area contributed by atoms with E-state index >= 15 is 0 Å². The van der Waals surface area contributed by atoms with Crippen molar-refractivity contribution in [2.24, 2.45) is 5.41 Å². The largest absolute Gasteiger partial charge is 0.317 e. The average Bonchev–Trinajstić information content (AvgIpc) is 2.20. The van der Waals surface area contributed by atoms with Gasteiger partial charge in [0.25, 0.3) is 0 Å². The van der Waals surface area contributed by atoms with Gasteiger partial charge >= 0.3 is 0 Å². The number of benzene rings is 1. The lowest BCUT2D eigenvalue weighted by atomic mass is 9.80. The molecule has 0 saturated heterocycles. The SMILES string of the molecule is CNC(C)CC(C)(C)Cc1ccccc1Br. The van der Waals surface area contributed by atoms with Gasteiger partial charge in [-0.2, -0.15) is 0 Å². The molecule has 0 bridgehead atoms. The molecule has 2 heteroatoms. The second-order valence-electron chi connectivity index (χ2n) is 5.33. The van der Waals surface area contributed by atoms with Crippen LogP contribution in [0.1, 0.15) is 32.8 Å². The minimum Gasteiger partial charge on any atom is -0.317 e. The average molecular weight is 284 g/mol. The van der Waals surface area contributed by atoms with Crippen LogP contribution in [0.25, 0.3) is 0 Å². The van der Waals surface area contributed by atoms with Crippen LogP contribution in [0.3, 0.4) is 0 Å². The van der Waals surface area contributed by atoms with Crippen LogP contribution in [0, 0.1) is 5.41 Å². The predicted molar refractivity (Wildman–Crippen MR) is 74.8 cm³/mol. The molecule has 0 saturated carbocycles. The van der Waals surface area contributed by atoms with Crippen molar-refractivity contribution in [3.05, 3.63) is 34.3 Å². The first-order valence-corrected chi connectivity index (χ1v) is 6.64. The molecule has 1 atom stereocenters. The highest BCUT2D eigenvalue weighted by Gasteiger charge is 2.21. The normalized spacial score (nSPS) is 13.8. The zero-order valence-electron chi connectivity index (χ0n) is 10.7. The highest BCUT2D eigenvalue weighted by Crippen LogP contribution is 2.30. The Labute approximate surface area is 108 Å². The second kappa shape index (κ2) is 5.83. The van der Waals surface area contributed by atoms with E-state index in [0.717, 1.165) is 6.42 Å². The quantitative estimate of drug-likeness (QED) is 0.861. The first-order valence-electron chi connectivity index (χ1n) is 5.85. The van der Waals surface area contributed by atoms with E-state index < -0.39 is 0 Å². The Morgan fingerprint density at radius 3 is 2.50 bits per heavy atom. The van der Waals surface area contributed by atoms with E-state index in [1.165, 1.54) is 16.5 Å². The van der Waals surface area contributed by atoms with Gasteiger partial charge in [0.2, 0.25) is 0 Å². The van der Waals surface area contributed by atoms with Crippen LogP contribution < -0.4 is 5.32 Å². The van der Waals surface area contributed by atoms with Crippen molar-refractivity contribution in [3.8, 4) is 0 Å². The molecule has 90 valence electrons. The molecule has 1 aromatic carbocycles. The summed E-state index contributed by atoms with van der Waals surface area (Å²) in [6, 6.07) is 9.06. The van der Waals surface area contributed by atoms with Crippen molar-refractivity contribution in [3.63, 3.8) is 0 Å². The minimum atomic E-state index is 0.326. The Kier molecular flexibility index (Phi) is 5.00. The number of rotatable bonds is 5. The summed E-state index contributed by atoms with van der Waals surface area (Å²) in [7, 11) is 2.03. The third-order valence-electron chi connectivity index (χ3n) is 2.98. The third kappa shape index (κ3) is 4.26. The molecule has 0 aliphatic heterocycles. The number of hydrogen-bond acceptors (Lipinski definition) is 1. The molecule has 0 aromatic heterocycles. The molecule has 0 radical (unpaired) electrons. The Balaban J connectivity index is 2.69. The van der Waals surface area contributed by atoms with Crippen molar-refractivity contribution < 1.29 is 0 Å². The summed E-state index contributed by atoms with van der Waals surface area (Å²) in [4.78, 5) is 0. The Morgan fingerprint density at radius 1 is 1.31 bits per heavy atom. The van der Waals surface area contributed by atoms with Gasteiger partial charge in [-0.15, -0.1) is 0 Å². The van der Waals surface area contributed by atoms with E-state index in [1.54, 1.807) is 0 Å². The fraction of sp³-hybridized carbons (Fsp3) is 0.571. The number of hydrogen-bond donors (Lipinski definition) is 1. The van der Waals surface area contributed by atoms with Crippen molar-refractivity contribution in [1.29, 1.82) is 0 Å². The van der Waals surface area contributed by atoms with Gasteiger partial charge in [-0.05, 0) is 43.9 Å². The Hall–Kier alpha value is -0.340. The highest BCUT2D eigenvalue weighted by atomic mass is 79.9. The molecule has 0 heterocycles. The molecule has 1 N–H and O–H groups in total. The van der Waals surface area contributed by atoms with Gasteiger partial charge in [0.1, 0.15) is 0 Å². The van der Waals surface area contributed by atoms with Gasteiger partial charge in [-0.1, -0.05) is 48.0 Å². The summed E-state index contributed by atoms with van der Waals surface area (Å²) in [6.07, 6.45) is 2.30. The van der Waals surface area contributed by atoms with E-state index in [4.69, 9.17) is 0 Å². The second-order valence-corrected chi connectivity index (χ2v) is 6.18. The van der Waals surface area contributed by atoms with Gasteiger partial charge in [-0.25, -0.2) is 0 Å². The lowest BCUT2D eigenvalue weighted by Gasteiger charge is -2.28. The fourth-order valence-electron chi connectivity index (χ4n) is 2.16. The summed E-state index contributed by atoms with van der Waals surface area (Å²) >= 11 is 3.62. The van der Waals surface area contributed by atoms with Crippen LogP contribution in [-0.2, 0) is 6.42 Å². The maximum absolute atomic E-state index is 3.62. The molecular weight excluding hydrogens is 262 g/mol. The first-order chi connectivity index (χ1) is 7.44. The van der Waals surface area contributed by atoms with E-state index in [1.807, 2.05) is 7.05 Å². The molecule has 1 aromatic rings. The van der Waals surface area contributed by atoms with Gasteiger partial charge in [-0.3, -0.25) is 0 Å². The summed E-state index contributed by atoms with van der Waals surface area (Å²) in [6.45, 7) is 6.91. The van der Waals surface area contributed by atoms with Crippen LogP contribution in [0.4, 0.5) is 0 Å². The molecule has 1 unspecified atom stereocenters. The van der Waals surface area contributed by atoms with Crippen LogP contribution in [0.5, 0.6) is 0 Å². The van der Waals surface area contributed by atoms with Crippen LogP contribution in [0.15, 0.2) is 28.7 Å². The maximum Gasteiger partial charge on any atom is 0.0207 e. The standard InChI is InChI=1S/C14H22BrN/c1-11(16-4)9-14(2,3)10-12-7-5-6-8-13(12)15/h5-8,11,16H,9-10H2,1-4H3. The maximum atomic E-state index is 3.62. The van der Waals surface area contributed by atoms with Gasteiger partial charge < -0.3 is 5.32 Å². The third-order valence-corrected chi connectivity index (χ3v) is 3.75. The molecule has 1 rings (SSSR count). The van der Waals surface area contributed by atoms with Crippen LogP contribution in [-0.4, -0.2) is 13.1 Å². The molecule has 0 spiro atoms. The molecule has 16 heavy (non-hydrogen) atoms. The van der Waals surface area contributed by atoms with Gasteiger partial charge in [0, 0.05) is 10.5 Å². The van der Waals surface area contributed by atoms with E-state index in [-0.39, 0.29) is 0 Å². The topological polar surface area (TPSA) is 12.0 Å². The van der Waals surface area contributed by atoms with Gasteiger partial charge in [0.05, 0.1) is 0 Å². The summed E-state index contributed by atoms with van der Waals surface area (Å²) in [5.41, 5.74) is 1.72. The van der Waals surface area contributed by atoms with Crippen LogP contribution >= 0.6 is 15.9 Å². The van der Waals surface area contributed by atoms with E-state index in [9.17, 15) is 0 Å². The van der Waals surface area contributed by atoms with Crippen molar-refractivity contribution in [2.45, 2.75) is 39.7 Å². The monoisotopic (exact) mass is 283 g/mol. The van der Waals surface area contributed by atoms with E-state index in [2.05, 4.69) is 66.3 Å². The predicted octanol–water partition coefficient (Wildman–Crippen LogP) is 4.02. The molecule has 0 fully saturated rings. The Bertz CT molecular complexity index is 333. The van der Waals surface area contributed by atoms with E-state index in [0.29, 0.717) is 11.5 Å². The minimum absolute atomic E-state index is 0.326. The van der Waals surface area contributed by atoms with Crippen molar-refractivity contribution in [1.82, 2.24) is 5.32 Å². The first kappa shape index (κ1) is 13.7. The van der Waals surface area contributed by atoms with Crippen LogP contribution in [0.2, 0.25) is 0 Å². The lowest BCUT2D eigenvalue weighted by Crippen LogP contribution is -2.29. The molecule has 1 nitrogen and oxygen atoms in total.